The van der Waals surface area contributed by atoms with Crippen molar-refractivity contribution in [3.63, 3.8) is 0 Å². The molecule has 0 saturated heterocycles. The predicted octanol–water partition coefficient (Wildman–Crippen LogP) is 4.42. The minimum Gasteiger partial charge on any atom is -0.354 e. The van der Waals surface area contributed by atoms with Gasteiger partial charge >= 0.3 is 0 Å². The van der Waals surface area contributed by atoms with Gasteiger partial charge in [0, 0.05) is 21.9 Å². The summed E-state index contributed by atoms with van der Waals surface area (Å²) in [6.45, 7) is 7.88. The van der Waals surface area contributed by atoms with Crippen LogP contribution >= 0.6 is 15.9 Å². The van der Waals surface area contributed by atoms with Crippen molar-refractivity contribution in [3.8, 4) is 0 Å². The fourth-order valence-electron chi connectivity index (χ4n) is 1.93. The number of rotatable bonds is 3. The van der Waals surface area contributed by atoms with Crippen molar-refractivity contribution in [2.24, 2.45) is 0 Å². The van der Waals surface area contributed by atoms with Crippen LogP contribution in [0, 0.1) is 6.92 Å². The molecule has 0 aliphatic rings. The SMILES string of the molecule is Cc1cc(Nc2cncc(C(=O)NC(C)(C)C)c2)ccc1Br. The second-order valence-corrected chi connectivity index (χ2v) is 7.11. The van der Waals surface area contributed by atoms with Crippen LogP contribution in [0.3, 0.4) is 0 Å². The molecule has 116 valence electrons. The minimum absolute atomic E-state index is 0.129. The summed E-state index contributed by atoms with van der Waals surface area (Å²) >= 11 is 3.48. The van der Waals surface area contributed by atoms with Crippen LogP contribution in [0.5, 0.6) is 0 Å². The summed E-state index contributed by atoms with van der Waals surface area (Å²) in [4.78, 5) is 16.3. The molecule has 4 nitrogen and oxygen atoms in total. The van der Waals surface area contributed by atoms with Gasteiger partial charge in [0.25, 0.3) is 5.91 Å². The van der Waals surface area contributed by atoms with Gasteiger partial charge in [0.1, 0.15) is 0 Å². The molecule has 1 amide bonds. The lowest BCUT2D eigenvalue weighted by atomic mass is 10.1. The first kappa shape index (κ1) is 16.5. The van der Waals surface area contributed by atoms with Crippen LogP contribution in [0.2, 0.25) is 0 Å². The molecule has 0 fully saturated rings. The van der Waals surface area contributed by atoms with Gasteiger partial charge < -0.3 is 10.6 Å². The molecule has 5 heteroatoms. The fourth-order valence-corrected chi connectivity index (χ4v) is 2.18. The number of amides is 1. The van der Waals surface area contributed by atoms with Crippen LogP contribution in [-0.2, 0) is 0 Å². The molecule has 1 aromatic heterocycles. The zero-order chi connectivity index (χ0) is 16.3. The Balaban J connectivity index is 2.17. The zero-order valence-electron chi connectivity index (χ0n) is 13.2. The Morgan fingerprint density at radius 3 is 2.50 bits per heavy atom. The molecule has 0 saturated carbocycles. The molecule has 0 atom stereocenters. The van der Waals surface area contributed by atoms with Crippen molar-refractivity contribution in [2.45, 2.75) is 33.2 Å². The first-order valence-electron chi connectivity index (χ1n) is 7.05. The Kier molecular flexibility index (Phi) is 4.86. The van der Waals surface area contributed by atoms with Gasteiger partial charge in [0.2, 0.25) is 0 Å². The van der Waals surface area contributed by atoms with Crippen LogP contribution in [0.15, 0.2) is 41.1 Å². The number of aromatic nitrogens is 1. The Morgan fingerprint density at radius 1 is 1.14 bits per heavy atom. The first-order valence-corrected chi connectivity index (χ1v) is 7.85. The Morgan fingerprint density at radius 2 is 1.86 bits per heavy atom. The minimum atomic E-state index is -0.274. The average molecular weight is 362 g/mol. The van der Waals surface area contributed by atoms with Gasteiger partial charge in [-0.3, -0.25) is 9.78 Å². The largest absolute Gasteiger partial charge is 0.354 e. The number of carbonyl (C=O) groups is 1. The van der Waals surface area contributed by atoms with E-state index < -0.39 is 0 Å². The molecule has 1 aromatic carbocycles. The summed E-state index contributed by atoms with van der Waals surface area (Å²) in [5, 5.41) is 6.20. The first-order chi connectivity index (χ1) is 10.2. The fraction of sp³-hybridized carbons (Fsp3) is 0.294. The van der Waals surface area contributed by atoms with Crippen molar-refractivity contribution < 1.29 is 4.79 Å². The van der Waals surface area contributed by atoms with Crippen LogP contribution < -0.4 is 10.6 Å². The molecule has 0 aliphatic carbocycles. The van der Waals surface area contributed by atoms with Crippen LogP contribution in [0.4, 0.5) is 11.4 Å². The molecule has 0 spiro atoms. The molecular weight excluding hydrogens is 342 g/mol. The molecule has 2 rings (SSSR count). The predicted molar refractivity (Wildman–Crippen MR) is 93.6 cm³/mol. The quantitative estimate of drug-likeness (QED) is 0.850. The molecule has 1 heterocycles. The number of pyridine rings is 1. The number of hydrogen-bond donors (Lipinski definition) is 2. The number of aryl methyl sites for hydroxylation is 1. The van der Waals surface area contributed by atoms with E-state index in [-0.39, 0.29) is 11.4 Å². The van der Waals surface area contributed by atoms with E-state index in [1.54, 1.807) is 18.5 Å². The normalized spacial score (nSPS) is 11.1. The third-order valence-corrected chi connectivity index (χ3v) is 3.83. The van der Waals surface area contributed by atoms with Gasteiger partial charge in [-0.05, 0) is 57.5 Å². The highest BCUT2D eigenvalue weighted by molar-refractivity contribution is 9.10. The molecule has 2 N–H and O–H groups in total. The maximum atomic E-state index is 12.2. The number of hydrogen-bond acceptors (Lipinski definition) is 3. The van der Waals surface area contributed by atoms with Crippen molar-refractivity contribution in [1.29, 1.82) is 0 Å². The molecular formula is C17H20BrN3O. The van der Waals surface area contributed by atoms with Gasteiger partial charge in [-0.1, -0.05) is 15.9 Å². The lowest BCUT2D eigenvalue weighted by Crippen LogP contribution is -2.40. The third-order valence-electron chi connectivity index (χ3n) is 2.94. The second-order valence-electron chi connectivity index (χ2n) is 6.26. The van der Waals surface area contributed by atoms with Crippen molar-refractivity contribution >= 4 is 33.2 Å². The number of anilines is 2. The van der Waals surface area contributed by atoms with Gasteiger partial charge in [-0.15, -0.1) is 0 Å². The van der Waals surface area contributed by atoms with E-state index in [4.69, 9.17) is 0 Å². The van der Waals surface area contributed by atoms with E-state index in [0.29, 0.717) is 5.56 Å². The molecule has 0 radical (unpaired) electrons. The summed E-state index contributed by atoms with van der Waals surface area (Å²) in [7, 11) is 0. The zero-order valence-corrected chi connectivity index (χ0v) is 14.8. The highest BCUT2D eigenvalue weighted by Gasteiger charge is 2.15. The third kappa shape index (κ3) is 4.56. The van der Waals surface area contributed by atoms with E-state index in [2.05, 4.69) is 31.5 Å². The molecule has 22 heavy (non-hydrogen) atoms. The Hall–Kier alpha value is -1.88. The van der Waals surface area contributed by atoms with E-state index in [0.717, 1.165) is 21.4 Å². The van der Waals surface area contributed by atoms with E-state index in [1.807, 2.05) is 45.9 Å². The van der Waals surface area contributed by atoms with Crippen molar-refractivity contribution in [2.75, 3.05) is 5.32 Å². The summed E-state index contributed by atoms with van der Waals surface area (Å²) in [6, 6.07) is 7.79. The summed E-state index contributed by atoms with van der Waals surface area (Å²) < 4.78 is 1.06. The smallest absolute Gasteiger partial charge is 0.253 e. The molecule has 0 aliphatic heterocycles. The van der Waals surface area contributed by atoms with Crippen LogP contribution in [0.1, 0.15) is 36.7 Å². The summed E-state index contributed by atoms with van der Waals surface area (Å²) in [5.41, 5.74) is 3.14. The topological polar surface area (TPSA) is 54.0 Å². The van der Waals surface area contributed by atoms with Crippen molar-refractivity contribution in [3.05, 3.63) is 52.3 Å². The van der Waals surface area contributed by atoms with Crippen molar-refractivity contribution in [1.82, 2.24) is 10.3 Å². The van der Waals surface area contributed by atoms with E-state index in [1.165, 1.54) is 0 Å². The van der Waals surface area contributed by atoms with Gasteiger partial charge in [0.05, 0.1) is 17.4 Å². The Labute approximate surface area is 139 Å². The number of halogens is 1. The highest BCUT2D eigenvalue weighted by atomic mass is 79.9. The van der Waals surface area contributed by atoms with E-state index in [9.17, 15) is 4.79 Å². The molecule has 0 unspecified atom stereocenters. The maximum Gasteiger partial charge on any atom is 0.253 e. The second kappa shape index (κ2) is 6.48. The highest BCUT2D eigenvalue weighted by Crippen LogP contribution is 2.23. The van der Waals surface area contributed by atoms with Gasteiger partial charge in [-0.25, -0.2) is 0 Å². The Bertz CT molecular complexity index is 693. The van der Waals surface area contributed by atoms with Crippen LogP contribution in [0.25, 0.3) is 0 Å². The maximum absolute atomic E-state index is 12.2. The molecule has 0 bridgehead atoms. The lowest BCUT2D eigenvalue weighted by Gasteiger charge is -2.20. The van der Waals surface area contributed by atoms with Crippen LogP contribution in [-0.4, -0.2) is 16.4 Å². The molecule has 2 aromatic rings. The average Bonchev–Trinajstić information content (AvgIpc) is 2.41. The lowest BCUT2D eigenvalue weighted by molar-refractivity contribution is 0.0919. The standard InChI is InChI=1S/C17H20BrN3O/c1-11-7-13(5-6-15(11)18)20-14-8-12(9-19-10-14)16(22)21-17(2,3)4/h5-10,20H,1-4H3,(H,21,22). The summed E-state index contributed by atoms with van der Waals surface area (Å²) in [6.07, 6.45) is 3.27. The number of carbonyl (C=O) groups excluding carboxylic acids is 1. The summed E-state index contributed by atoms with van der Waals surface area (Å²) in [5.74, 6) is -0.129. The number of nitrogens with one attached hydrogen (secondary N) is 2. The monoisotopic (exact) mass is 361 g/mol. The number of benzene rings is 1. The van der Waals surface area contributed by atoms with E-state index >= 15 is 0 Å². The van der Waals surface area contributed by atoms with Gasteiger partial charge in [-0.2, -0.15) is 0 Å². The number of nitrogens with zero attached hydrogens (tertiary/aromatic N) is 1. The van der Waals surface area contributed by atoms with Gasteiger partial charge in [0.15, 0.2) is 0 Å².